The second-order valence-corrected chi connectivity index (χ2v) is 6.14. The summed E-state index contributed by atoms with van der Waals surface area (Å²) < 4.78 is 26.0. The maximum atomic E-state index is 12.0. The van der Waals surface area contributed by atoms with Crippen LogP contribution < -0.4 is 20.1 Å². The molecule has 164 valence electrons. The third-order valence-electron chi connectivity index (χ3n) is 3.56. The minimum Gasteiger partial charge on any atom is -0.493 e. The lowest BCUT2D eigenvalue weighted by Gasteiger charge is -2.15. The van der Waals surface area contributed by atoms with Gasteiger partial charge in [0.1, 0.15) is 19.5 Å². The molecule has 0 atom stereocenters. The minimum atomic E-state index is -0.856. The van der Waals surface area contributed by atoms with Gasteiger partial charge in [0.05, 0.1) is 13.2 Å². The number of urea groups is 1. The van der Waals surface area contributed by atoms with Gasteiger partial charge in [0, 0.05) is 11.8 Å². The molecule has 0 saturated heterocycles. The van der Waals surface area contributed by atoms with Gasteiger partial charge in [-0.1, -0.05) is 13.8 Å². The minimum absolute atomic E-state index is 0.136. The Balaban J connectivity index is 1.85. The van der Waals surface area contributed by atoms with Crippen molar-refractivity contribution in [3.63, 3.8) is 0 Å². The Kier molecular flexibility index (Phi) is 9.29. The first-order valence-corrected chi connectivity index (χ1v) is 9.65. The van der Waals surface area contributed by atoms with Crippen molar-refractivity contribution in [2.24, 2.45) is 0 Å². The number of benzene rings is 1. The number of ether oxygens (including phenoxy) is 5. The van der Waals surface area contributed by atoms with E-state index in [1.807, 2.05) is 13.8 Å². The van der Waals surface area contributed by atoms with Gasteiger partial charge in [-0.15, -0.1) is 0 Å². The topological polar surface area (TPSA) is 121 Å². The third-order valence-corrected chi connectivity index (χ3v) is 3.56. The highest BCUT2D eigenvalue weighted by atomic mass is 16.6. The standard InChI is InChI=1S/C20H26N2O8/c1-3-7-27-15-6-5-14(11-16(15)28-8-4-2)21-20(25)22-18(23)13-30-19(24)17-12-26-9-10-29-17/h5-6,11-12H,3-4,7-10,13H2,1-2H3,(H2,21,22,23,25). The Labute approximate surface area is 174 Å². The first kappa shape index (κ1) is 22.9. The predicted molar refractivity (Wildman–Crippen MR) is 106 cm³/mol. The molecular weight excluding hydrogens is 396 g/mol. The number of imide groups is 1. The van der Waals surface area contributed by atoms with Gasteiger partial charge in [-0.3, -0.25) is 10.1 Å². The van der Waals surface area contributed by atoms with Crippen LogP contribution in [0.1, 0.15) is 26.7 Å². The van der Waals surface area contributed by atoms with E-state index in [2.05, 4.69) is 10.6 Å². The van der Waals surface area contributed by atoms with Crippen LogP contribution in [0, 0.1) is 0 Å². The van der Waals surface area contributed by atoms with Gasteiger partial charge in [0.15, 0.2) is 18.1 Å². The van der Waals surface area contributed by atoms with E-state index in [-0.39, 0.29) is 12.4 Å². The predicted octanol–water partition coefficient (Wildman–Crippen LogP) is 2.34. The number of hydrogen-bond donors (Lipinski definition) is 2. The molecule has 10 nitrogen and oxygen atoms in total. The molecular formula is C20H26N2O8. The molecule has 2 N–H and O–H groups in total. The summed E-state index contributed by atoms with van der Waals surface area (Å²) in [6, 6.07) is 4.13. The third kappa shape index (κ3) is 7.53. The van der Waals surface area contributed by atoms with E-state index in [1.165, 1.54) is 0 Å². The van der Waals surface area contributed by atoms with Crippen LogP contribution in [0.4, 0.5) is 10.5 Å². The van der Waals surface area contributed by atoms with Crippen LogP contribution in [0.25, 0.3) is 0 Å². The van der Waals surface area contributed by atoms with Gasteiger partial charge in [-0.25, -0.2) is 9.59 Å². The van der Waals surface area contributed by atoms with Crippen LogP contribution in [0.15, 0.2) is 30.2 Å². The van der Waals surface area contributed by atoms with Gasteiger partial charge in [-0.2, -0.15) is 0 Å². The largest absolute Gasteiger partial charge is 0.493 e. The van der Waals surface area contributed by atoms with E-state index in [0.717, 1.165) is 19.1 Å². The smallest absolute Gasteiger partial charge is 0.377 e. The lowest BCUT2D eigenvalue weighted by molar-refractivity contribution is -0.148. The molecule has 0 radical (unpaired) electrons. The lowest BCUT2D eigenvalue weighted by atomic mass is 10.2. The molecule has 0 saturated carbocycles. The number of carbonyl (C=O) groups is 3. The van der Waals surface area contributed by atoms with Crippen LogP contribution in [0.5, 0.6) is 11.5 Å². The van der Waals surface area contributed by atoms with E-state index >= 15 is 0 Å². The van der Waals surface area contributed by atoms with Crippen molar-refractivity contribution >= 4 is 23.6 Å². The van der Waals surface area contributed by atoms with Crippen molar-refractivity contribution in [1.29, 1.82) is 0 Å². The van der Waals surface area contributed by atoms with E-state index in [0.29, 0.717) is 37.0 Å². The summed E-state index contributed by atoms with van der Waals surface area (Å²) in [4.78, 5) is 35.6. The molecule has 0 bridgehead atoms. The highest BCUT2D eigenvalue weighted by Crippen LogP contribution is 2.30. The molecule has 0 spiro atoms. The first-order chi connectivity index (χ1) is 14.5. The number of nitrogens with one attached hydrogen (secondary N) is 2. The molecule has 1 aliphatic rings. The Bertz CT molecular complexity index is 778. The number of hydrogen-bond acceptors (Lipinski definition) is 8. The maximum absolute atomic E-state index is 12.0. The Morgan fingerprint density at radius 3 is 2.43 bits per heavy atom. The molecule has 1 heterocycles. The molecule has 0 fully saturated rings. The van der Waals surface area contributed by atoms with Crippen molar-refractivity contribution < 1.29 is 38.1 Å². The quantitative estimate of drug-likeness (QED) is 0.551. The number of amides is 3. The summed E-state index contributed by atoms with van der Waals surface area (Å²) in [5.74, 6) is -0.730. The first-order valence-electron chi connectivity index (χ1n) is 9.65. The molecule has 0 aliphatic carbocycles. The van der Waals surface area contributed by atoms with Crippen LogP contribution in [-0.4, -0.2) is 50.9 Å². The van der Waals surface area contributed by atoms with E-state index < -0.39 is 24.5 Å². The Hall–Kier alpha value is -3.43. The summed E-state index contributed by atoms with van der Waals surface area (Å²) in [7, 11) is 0. The number of rotatable bonds is 10. The van der Waals surface area contributed by atoms with Crippen molar-refractivity contribution in [3.05, 3.63) is 30.2 Å². The van der Waals surface area contributed by atoms with Crippen LogP contribution in [0.3, 0.4) is 0 Å². The van der Waals surface area contributed by atoms with Crippen LogP contribution in [-0.2, 0) is 23.8 Å². The molecule has 1 aromatic rings. The highest BCUT2D eigenvalue weighted by Gasteiger charge is 2.19. The Morgan fingerprint density at radius 1 is 1.03 bits per heavy atom. The lowest BCUT2D eigenvalue weighted by Crippen LogP contribution is -2.37. The molecule has 0 unspecified atom stereocenters. The fourth-order valence-corrected chi connectivity index (χ4v) is 2.24. The zero-order valence-electron chi connectivity index (χ0n) is 17.0. The SMILES string of the molecule is CCCOc1ccc(NC(=O)NC(=O)COC(=O)C2=COCCO2)cc1OCCC. The summed E-state index contributed by atoms with van der Waals surface area (Å²) in [6.07, 6.45) is 2.77. The maximum Gasteiger partial charge on any atom is 0.377 e. The molecule has 1 aliphatic heterocycles. The van der Waals surface area contributed by atoms with Gasteiger partial charge in [0.2, 0.25) is 5.76 Å². The Morgan fingerprint density at radius 2 is 1.77 bits per heavy atom. The molecule has 3 amide bonds. The monoisotopic (exact) mass is 422 g/mol. The zero-order chi connectivity index (χ0) is 21.8. The summed E-state index contributed by atoms with van der Waals surface area (Å²) in [5, 5.41) is 4.59. The fraction of sp³-hybridized carbons (Fsp3) is 0.450. The van der Waals surface area contributed by atoms with Crippen molar-refractivity contribution in [1.82, 2.24) is 5.32 Å². The van der Waals surface area contributed by atoms with Crippen LogP contribution >= 0.6 is 0 Å². The average molecular weight is 422 g/mol. The van der Waals surface area contributed by atoms with E-state index in [9.17, 15) is 14.4 Å². The second kappa shape index (κ2) is 12.2. The van der Waals surface area contributed by atoms with Crippen molar-refractivity contribution in [2.75, 3.05) is 38.4 Å². The van der Waals surface area contributed by atoms with Gasteiger partial charge in [-0.05, 0) is 25.0 Å². The fourth-order valence-electron chi connectivity index (χ4n) is 2.24. The molecule has 1 aromatic carbocycles. The molecule has 0 aromatic heterocycles. The number of anilines is 1. The molecule has 10 heteroatoms. The molecule has 2 rings (SSSR count). The summed E-state index contributed by atoms with van der Waals surface area (Å²) in [6.45, 7) is 4.89. The van der Waals surface area contributed by atoms with Gasteiger partial charge < -0.3 is 29.0 Å². The van der Waals surface area contributed by atoms with Crippen molar-refractivity contribution in [3.8, 4) is 11.5 Å². The normalized spacial score (nSPS) is 12.5. The number of esters is 1. The second-order valence-electron chi connectivity index (χ2n) is 6.14. The number of carbonyl (C=O) groups excluding carboxylic acids is 3. The van der Waals surface area contributed by atoms with Crippen molar-refractivity contribution in [2.45, 2.75) is 26.7 Å². The zero-order valence-corrected chi connectivity index (χ0v) is 17.0. The van der Waals surface area contributed by atoms with Gasteiger partial charge >= 0.3 is 12.0 Å². The highest BCUT2D eigenvalue weighted by molar-refractivity contribution is 6.02. The molecule has 30 heavy (non-hydrogen) atoms. The van der Waals surface area contributed by atoms with Crippen LogP contribution in [0.2, 0.25) is 0 Å². The average Bonchev–Trinajstić information content (AvgIpc) is 2.75. The van der Waals surface area contributed by atoms with E-state index in [4.69, 9.17) is 23.7 Å². The summed E-state index contributed by atoms with van der Waals surface area (Å²) in [5.41, 5.74) is 0.408. The van der Waals surface area contributed by atoms with E-state index in [1.54, 1.807) is 18.2 Å². The summed E-state index contributed by atoms with van der Waals surface area (Å²) >= 11 is 0. The van der Waals surface area contributed by atoms with Gasteiger partial charge in [0.25, 0.3) is 5.91 Å².